The predicted octanol–water partition coefficient (Wildman–Crippen LogP) is 5.14. The van der Waals surface area contributed by atoms with Crippen LogP contribution in [0.5, 0.6) is 11.5 Å². The zero-order valence-electron chi connectivity index (χ0n) is 21.8. The molecule has 6 nitrogen and oxygen atoms in total. The maximum Gasteiger partial charge on any atom is 0.227 e. The van der Waals surface area contributed by atoms with Crippen molar-refractivity contribution in [3.8, 4) is 11.5 Å². The highest BCUT2D eigenvalue weighted by Gasteiger charge is 2.34. The number of halogens is 2. The number of hydrogen-bond donors (Lipinski definition) is 1. The molecular formula is C30H33F2N3O3. The molecular weight excluding hydrogens is 488 g/mol. The quantitative estimate of drug-likeness (QED) is 0.467. The van der Waals surface area contributed by atoms with E-state index in [1.807, 2.05) is 48.2 Å². The van der Waals surface area contributed by atoms with Crippen LogP contribution in [0.25, 0.3) is 0 Å². The van der Waals surface area contributed by atoms with Gasteiger partial charge in [0.1, 0.15) is 29.7 Å². The molecule has 3 aromatic rings. The van der Waals surface area contributed by atoms with E-state index in [1.165, 1.54) is 11.0 Å². The molecule has 0 aliphatic carbocycles. The molecule has 0 atom stereocenters. The third kappa shape index (κ3) is 5.31. The number of carbonyl (C=O) groups excluding carboxylic acids is 1. The van der Waals surface area contributed by atoms with Crippen molar-refractivity contribution in [2.75, 3.05) is 36.6 Å². The van der Waals surface area contributed by atoms with Crippen molar-refractivity contribution in [3.05, 3.63) is 82.9 Å². The normalized spacial score (nSPS) is 16.8. The van der Waals surface area contributed by atoms with E-state index in [4.69, 9.17) is 15.2 Å². The molecule has 0 radical (unpaired) electrons. The number of piperidine rings is 1. The van der Waals surface area contributed by atoms with E-state index < -0.39 is 11.4 Å². The van der Waals surface area contributed by atoms with Crippen molar-refractivity contribution in [2.24, 2.45) is 5.73 Å². The average molecular weight is 522 g/mol. The lowest BCUT2D eigenvalue weighted by Crippen LogP contribution is -2.54. The largest absolute Gasteiger partial charge is 0.497 e. The number of rotatable bonds is 7. The smallest absolute Gasteiger partial charge is 0.227 e. The van der Waals surface area contributed by atoms with Crippen LogP contribution in [0.2, 0.25) is 0 Å². The number of anilines is 2. The Labute approximate surface area is 221 Å². The van der Waals surface area contributed by atoms with E-state index in [0.717, 1.165) is 11.1 Å². The van der Waals surface area contributed by atoms with Crippen LogP contribution in [0.15, 0.2) is 54.6 Å². The number of ether oxygens (including phenoxy) is 2. The molecule has 0 bridgehead atoms. The van der Waals surface area contributed by atoms with Gasteiger partial charge in [-0.1, -0.05) is 18.2 Å². The van der Waals surface area contributed by atoms with Gasteiger partial charge in [-0.15, -0.1) is 0 Å². The summed E-state index contributed by atoms with van der Waals surface area (Å²) in [5.41, 5.74) is 9.40. The highest BCUT2D eigenvalue weighted by molar-refractivity contribution is 5.97. The van der Waals surface area contributed by atoms with E-state index in [0.29, 0.717) is 55.1 Å². The number of carbonyl (C=O) groups is 1. The summed E-state index contributed by atoms with van der Waals surface area (Å²) >= 11 is 0. The van der Waals surface area contributed by atoms with Gasteiger partial charge in [0, 0.05) is 25.1 Å². The van der Waals surface area contributed by atoms with Crippen LogP contribution in [0.1, 0.15) is 36.0 Å². The molecule has 38 heavy (non-hydrogen) atoms. The molecule has 1 saturated heterocycles. The molecule has 2 N–H and O–H groups in total. The van der Waals surface area contributed by atoms with Crippen LogP contribution in [-0.4, -0.2) is 38.3 Å². The van der Waals surface area contributed by atoms with Gasteiger partial charge in [0.15, 0.2) is 0 Å². The molecule has 2 aliphatic heterocycles. The first-order valence-electron chi connectivity index (χ1n) is 12.9. The zero-order valence-corrected chi connectivity index (χ0v) is 21.8. The first-order valence-corrected chi connectivity index (χ1v) is 12.9. The summed E-state index contributed by atoms with van der Waals surface area (Å²) in [6.45, 7) is 3.61. The fourth-order valence-electron chi connectivity index (χ4n) is 5.26. The van der Waals surface area contributed by atoms with E-state index in [1.54, 1.807) is 19.2 Å². The number of aryl methyl sites for hydroxylation is 1. The van der Waals surface area contributed by atoms with Crippen molar-refractivity contribution in [1.82, 2.24) is 0 Å². The molecule has 5 rings (SSSR count). The number of fused-ring (bicyclic) bond motifs is 1. The zero-order chi connectivity index (χ0) is 26.9. The van der Waals surface area contributed by atoms with Crippen molar-refractivity contribution in [3.63, 3.8) is 0 Å². The Bertz CT molecular complexity index is 1320. The summed E-state index contributed by atoms with van der Waals surface area (Å²) < 4.78 is 41.0. The summed E-state index contributed by atoms with van der Waals surface area (Å²) in [4.78, 5) is 16.3. The second-order valence-electron chi connectivity index (χ2n) is 10.3. The van der Waals surface area contributed by atoms with E-state index in [9.17, 15) is 9.18 Å². The standard InChI is InChI=1S/C30H33F2N3O3/c1-20-3-10-26(25(32)17-20)34-15-13-30(33,14-16-34)19-38-27-11-9-24(31)29-23(27)8-12-28(36)35(29)18-21-4-6-22(37-2)7-5-21/h3-7,9-11,17H,8,12-16,18-19,33H2,1-2H3. The lowest BCUT2D eigenvalue weighted by molar-refractivity contribution is -0.119. The first-order chi connectivity index (χ1) is 18.3. The summed E-state index contributed by atoms with van der Waals surface area (Å²) in [6.07, 6.45) is 1.93. The highest BCUT2D eigenvalue weighted by Crippen LogP contribution is 2.39. The maximum absolute atomic E-state index is 15.1. The molecule has 3 aromatic carbocycles. The Kier molecular flexibility index (Phi) is 7.25. The van der Waals surface area contributed by atoms with Gasteiger partial charge in [-0.3, -0.25) is 4.79 Å². The van der Waals surface area contributed by atoms with Crippen LogP contribution in [0, 0.1) is 18.6 Å². The first kappa shape index (κ1) is 26.0. The Morgan fingerprint density at radius 1 is 0.974 bits per heavy atom. The number of nitrogens with zero attached hydrogens (tertiary/aromatic N) is 2. The van der Waals surface area contributed by atoms with Crippen LogP contribution in [-0.2, 0) is 17.8 Å². The van der Waals surface area contributed by atoms with Crippen LogP contribution in [0.4, 0.5) is 20.2 Å². The fraction of sp³-hybridized carbons (Fsp3) is 0.367. The maximum atomic E-state index is 15.1. The molecule has 0 saturated carbocycles. The summed E-state index contributed by atoms with van der Waals surface area (Å²) in [5, 5.41) is 0. The predicted molar refractivity (Wildman–Crippen MR) is 144 cm³/mol. The van der Waals surface area contributed by atoms with Gasteiger partial charge >= 0.3 is 0 Å². The topological polar surface area (TPSA) is 68.0 Å². The molecule has 0 unspecified atom stereocenters. The third-order valence-corrected chi connectivity index (χ3v) is 7.57. The van der Waals surface area contributed by atoms with Gasteiger partial charge in [0.2, 0.25) is 5.91 Å². The minimum absolute atomic E-state index is 0.129. The minimum Gasteiger partial charge on any atom is -0.497 e. The van der Waals surface area contributed by atoms with Gasteiger partial charge < -0.3 is 25.0 Å². The van der Waals surface area contributed by atoms with Crippen LogP contribution >= 0.6 is 0 Å². The minimum atomic E-state index is -0.591. The lowest BCUT2D eigenvalue weighted by Gasteiger charge is -2.40. The van der Waals surface area contributed by atoms with Gasteiger partial charge in [0.25, 0.3) is 0 Å². The highest BCUT2D eigenvalue weighted by atomic mass is 19.1. The van der Waals surface area contributed by atoms with Crippen LogP contribution in [0.3, 0.4) is 0 Å². The van der Waals surface area contributed by atoms with Crippen molar-refractivity contribution >= 4 is 17.3 Å². The summed E-state index contributed by atoms with van der Waals surface area (Å²) in [5.74, 6) is 0.453. The Morgan fingerprint density at radius 3 is 2.39 bits per heavy atom. The van der Waals surface area contributed by atoms with Gasteiger partial charge in [0.05, 0.1) is 30.6 Å². The van der Waals surface area contributed by atoms with Gasteiger partial charge in [-0.25, -0.2) is 8.78 Å². The summed E-state index contributed by atoms with van der Waals surface area (Å²) in [7, 11) is 1.59. The molecule has 0 spiro atoms. The Morgan fingerprint density at radius 2 is 1.71 bits per heavy atom. The van der Waals surface area contributed by atoms with Crippen molar-refractivity contribution in [2.45, 2.75) is 44.7 Å². The molecule has 200 valence electrons. The molecule has 8 heteroatoms. The second kappa shape index (κ2) is 10.6. The molecule has 1 amide bonds. The molecule has 0 aromatic heterocycles. The Balaban J connectivity index is 1.29. The average Bonchev–Trinajstić information content (AvgIpc) is 2.91. The van der Waals surface area contributed by atoms with Crippen LogP contribution < -0.4 is 25.0 Å². The molecule has 1 fully saturated rings. The second-order valence-corrected chi connectivity index (χ2v) is 10.3. The van der Waals surface area contributed by atoms with Crippen molar-refractivity contribution in [1.29, 1.82) is 0 Å². The number of benzene rings is 3. The van der Waals surface area contributed by atoms with E-state index >= 15 is 4.39 Å². The summed E-state index contributed by atoms with van der Waals surface area (Å²) in [6, 6.07) is 15.6. The van der Waals surface area contributed by atoms with E-state index in [-0.39, 0.29) is 37.0 Å². The van der Waals surface area contributed by atoms with E-state index in [2.05, 4.69) is 0 Å². The number of nitrogens with two attached hydrogens (primary N) is 1. The number of amides is 1. The molecule has 2 aliphatic rings. The van der Waals surface area contributed by atoms with Crippen molar-refractivity contribution < 1.29 is 23.0 Å². The fourth-order valence-corrected chi connectivity index (χ4v) is 5.26. The number of methoxy groups -OCH3 is 1. The third-order valence-electron chi connectivity index (χ3n) is 7.57. The lowest BCUT2D eigenvalue weighted by atomic mass is 9.89. The Hall–Kier alpha value is -3.65. The number of hydrogen-bond acceptors (Lipinski definition) is 5. The SMILES string of the molecule is COc1ccc(CN2C(=O)CCc3c(OCC4(N)CCN(c5ccc(C)cc5F)CC4)ccc(F)c32)cc1. The molecule has 2 heterocycles. The van der Waals surface area contributed by atoms with Gasteiger partial charge in [-0.05, 0) is 73.7 Å². The van der Waals surface area contributed by atoms with Gasteiger partial charge in [-0.2, -0.15) is 0 Å². The monoisotopic (exact) mass is 521 g/mol.